The molecule has 0 aliphatic carbocycles. The van der Waals surface area contributed by atoms with Crippen molar-refractivity contribution in [3.63, 3.8) is 0 Å². The van der Waals surface area contributed by atoms with E-state index in [1.54, 1.807) is 12.1 Å². The van der Waals surface area contributed by atoms with Crippen LogP contribution >= 0.6 is 0 Å². The van der Waals surface area contributed by atoms with Gasteiger partial charge in [-0.3, -0.25) is 9.59 Å². The van der Waals surface area contributed by atoms with Crippen LogP contribution in [0.3, 0.4) is 0 Å². The lowest BCUT2D eigenvalue weighted by atomic mass is 10.2. The first-order valence-corrected chi connectivity index (χ1v) is 9.74. The van der Waals surface area contributed by atoms with Crippen LogP contribution in [0.4, 0.5) is 5.69 Å². The fourth-order valence-electron chi connectivity index (χ4n) is 2.77. The zero-order chi connectivity index (χ0) is 21.1. The van der Waals surface area contributed by atoms with Gasteiger partial charge in [-0.25, -0.2) is 5.43 Å². The first kappa shape index (κ1) is 21.9. The quantitative estimate of drug-likeness (QED) is 0.425. The van der Waals surface area contributed by atoms with E-state index in [0.29, 0.717) is 12.1 Å². The van der Waals surface area contributed by atoms with Crippen LogP contribution in [0.1, 0.15) is 37.8 Å². The van der Waals surface area contributed by atoms with Crippen molar-refractivity contribution in [3.05, 3.63) is 59.7 Å². The molecular weight excluding hydrogens is 368 g/mol. The number of carbonyl (C=O) groups is 2. The molecule has 0 saturated carbocycles. The molecular formula is C22H28N4O3. The van der Waals surface area contributed by atoms with Gasteiger partial charge in [-0.05, 0) is 31.5 Å². The molecule has 0 bridgehead atoms. The molecule has 0 aliphatic heterocycles. The molecule has 29 heavy (non-hydrogen) atoms. The summed E-state index contributed by atoms with van der Waals surface area (Å²) in [5.74, 6) is -0.472. The number of phenols is 1. The van der Waals surface area contributed by atoms with E-state index < -0.39 is 0 Å². The third kappa shape index (κ3) is 7.29. The van der Waals surface area contributed by atoms with E-state index in [9.17, 15) is 14.7 Å². The fourth-order valence-corrected chi connectivity index (χ4v) is 2.77. The molecule has 154 valence electrons. The molecule has 0 unspecified atom stereocenters. The zero-order valence-electron chi connectivity index (χ0n) is 16.9. The summed E-state index contributed by atoms with van der Waals surface area (Å²) in [6, 6.07) is 14.9. The molecule has 0 fully saturated rings. The van der Waals surface area contributed by atoms with Gasteiger partial charge in [0, 0.05) is 49.8 Å². The van der Waals surface area contributed by atoms with Gasteiger partial charge < -0.3 is 15.3 Å². The molecule has 3 N–H and O–H groups in total. The zero-order valence-corrected chi connectivity index (χ0v) is 16.9. The minimum atomic E-state index is -0.365. The van der Waals surface area contributed by atoms with Crippen LogP contribution in [0.15, 0.2) is 53.6 Å². The first-order chi connectivity index (χ1) is 14.0. The first-order valence-electron chi connectivity index (χ1n) is 9.74. The number of phenolic OH excluding ortho intramolecular Hbond substituents is 1. The highest BCUT2D eigenvalue weighted by Gasteiger charge is 2.07. The number of aromatic hydroxyl groups is 1. The second-order valence-corrected chi connectivity index (χ2v) is 6.47. The number of nitrogens with one attached hydrogen (secondary N) is 2. The van der Waals surface area contributed by atoms with Crippen LogP contribution in [0.5, 0.6) is 5.75 Å². The highest BCUT2D eigenvalue weighted by atomic mass is 16.3. The Morgan fingerprint density at radius 3 is 2.38 bits per heavy atom. The Hall–Kier alpha value is -3.35. The number of hydrogen-bond acceptors (Lipinski definition) is 5. The third-order valence-electron chi connectivity index (χ3n) is 4.45. The second kappa shape index (κ2) is 11.5. The van der Waals surface area contributed by atoms with E-state index in [1.165, 1.54) is 6.21 Å². The Kier molecular flexibility index (Phi) is 8.69. The van der Waals surface area contributed by atoms with Crippen LogP contribution in [-0.2, 0) is 16.1 Å². The van der Waals surface area contributed by atoms with Crippen LogP contribution in [-0.4, -0.2) is 36.2 Å². The summed E-state index contributed by atoms with van der Waals surface area (Å²) < 4.78 is 0. The molecule has 2 aromatic rings. The molecule has 0 saturated heterocycles. The van der Waals surface area contributed by atoms with Gasteiger partial charge in [-0.2, -0.15) is 5.10 Å². The Morgan fingerprint density at radius 1 is 1.03 bits per heavy atom. The van der Waals surface area contributed by atoms with Gasteiger partial charge in [0.25, 0.3) is 0 Å². The average Bonchev–Trinajstić information content (AvgIpc) is 2.74. The second-order valence-electron chi connectivity index (χ2n) is 6.47. The molecule has 2 rings (SSSR count). The highest BCUT2D eigenvalue weighted by Crippen LogP contribution is 2.23. The molecule has 7 nitrogen and oxygen atoms in total. The normalized spacial score (nSPS) is 10.7. The molecule has 0 aromatic heterocycles. The van der Waals surface area contributed by atoms with Gasteiger partial charge in [0.2, 0.25) is 11.8 Å². The van der Waals surface area contributed by atoms with E-state index in [-0.39, 0.29) is 30.4 Å². The predicted molar refractivity (Wildman–Crippen MR) is 115 cm³/mol. The lowest BCUT2D eigenvalue weighted by Gasteiger charge is -2.21. The lowest BCUT2D eigenvalue weighted by molar-refractivity contribution is -0.126. The summed E-state index contributed by atoms with van der Waals surface area (Å²) in [6.07, 6.45) is 1.50. The maximum atomic E-state index is 11.8. The van der Waals surface area contributed by atoms with Crippen molar-refractivity contribution in [2.24, 2.45) is 5.10 Å². The van der Waals surface area contributed by atoms with Crippen molar-refractivity contribution >= 4 is 23.7 Å². The summed E-state index contributed by atoms with van der Waals surface area (Å²) in [5, 5.41) is 16.8. The van der Waals surface area contributed by atoms with E-state index in [0.717, 1.165) is 24.3 Å². The molecule has 0 aliphatic rings. The van der Waals surface area contributed by atoms with Crippen LogP contribution in [0, 0.1) is 0 Å². The van der Waals surface area contributed by atoms with Crippen molar-refractivity contribution in [1.29, 1.82) is 0 Å². The molecule has 0 heterocycles. The molecule has 7 heteroatoms. The number of hydrazone groups is 1. The molecule has 2 aromatic carbocycles. The monoisotopic (exact) mass is 396 g/mol. The topological polar surface area (TPSA) is 94.0 Å². The van der Waals surface area contributed by atoms with E-state index in [4.69, 9.17) is 0 Å². The summed E-state index contributed by atoms with van der Waals surface area (Å²) in [6.45, 7) is 6.22. The molecule has 0 radical (unpaired) electrons. The largest absolute Gasteiger partial charge is 0.507 e. The smallest absolute Gasteiger partial charge is 0.240 e. The van der Waals surface area contributed by atoms with Crippen LogP contribution in [0.25, 0.3) is 0 Å². The fraction of sp³-hybridized carbons (Fsp3) is 0.318. The highest BCUT2D eigenvalue weighted by molar-refractivity contribution is 5.87. The Labute approximate surface area is 171 Å². The molecule has 2 amide bonds. The number of amides is 2. The van der Waals surface area contributed by atoms with E-state index >= 15 is 0 Å². The van der Waals surface area contributed by atoms with Gasteiger partial charge in [0.05, 0.1) is 6.21 Å². The minimum absolute atomic E-state index is 0.0326. The summed E-state index contributed by atoms with van der Waals surface area (Å²) in [7, 11) is 0. The summed E-state index contributed by atoms with van der Waals surface area (Å²) in [4.78, 5) is 25.8. The minimum Gasteiger partial charge on any atom is -0.507 e. The number of carbonyl (C=O) groups excluding carboxylic acids is 2. The number of anilines is 1. The number of benzene rings is 2. The summed E-state index contributed by atoms with van der Waals surface area (Å²) in [5.41, 5.74) is 4.81. The van der Waals surface area contributed by atoms with Crippen LogP contribution in [0.2, 0.25) is 0 Å². The Balaban J connectivity index is 1.75. The number of nitrogens with zero attached hydrogens (tertiary/aromatic N) is 2. The van der Waals surface area contributed by atoms with Crippen molar-refractivity contribution in [1.82, 2.24) is 10.7 Å². The lowest BCUT2D eigenvalue weighted by Crippen LogP contribution is -2.25. The average molecular weight is 396 g/mol. The van der Waals surface area contributed by atoms with Gasteiger partial charge in [0.15, 0.2) is 0 Å². The number of rotatable bonds is 10. The van der Waals surface area contributed by atoms with Crippen molar-refractivity contribution in [2.75, 3.05) is 18.0 Å². The van der Waals surface area contributed by atoms with E-state index in [2.05, 4.69) is 20.7 Å². The number of hydrogen-bond donors (Lipinski definition) is 3. The van der Waals surface area contributed by atoms with Crippen LogP contribution < -0.4 is 15.6 Å². The summed E-state index contributed by atoms with van der Waals surface area (Å²) >= 11 is 0. The van der Waals surface area contributed by atoms with Gasteiger partial charge in [0.1, 0.15) is 5.75 Å². The predicted octanol–water partition coefficient (Wildman–Crippen LogP) is 2.79. The van der Waals surface area contributed by atoms with Gasteiger partial charge in [-0.1, -0.05) is 30.3 Å². The maximum absolute atomic E-state index is 11.8. The van der Waals surface area contributed by atoms with Gasteiger partial charge >= 0.3 is 0 Å². The SMILES string of the molecule is CCN(CC)c1ccc(/C=N\NC(=O)CCC(=O)NCc2ccccc2)c(O)c1. The molecule has 0 spiro atoms. The maximum Gasteiger partial charge on any atom is 0.240 e. The molecule has 0 atom stereocenters. The van der Waals surface area contributed by atoms with E-state index in [1.807, 2.05) is 50.2 Å². The van der Waals surface area contributed by atoms with Crippen molar-refractivity contribution in [3.8, 4) is 5.75 Å². The third-order valence-corrected chi connectivity index (χ3v) is 4.45. The standard InChI is InChI=1S/C22H28N4O3/c1-3-26(4-2)19-11-10-18(20(27)14-19)16-24-25-22(29)13-12-21(28)23-15-17-8-6-5-7-9-17/h5-11,14,16,27H,3-4,12-13,15H2,1-2H3,(H,23,28)(H,25,29)/b24-16-. The Morgan fingerprint density at radius 2 is 1.72 bits per heavy atom. The van der Waals surface area contributed by atoms with Gasteiger partial charge in [-0.15, -0.1) is 0 Å². The Bertz CT molecular complexity index is 833. The van der Waals surface area contributed by atoms with Crippen molar-refractivity contribution in [2.45, 2.75) is 33.2 Å². The van der Waals surface area contributed by atoms with Crippen molar-refractivity contribution < 1.29 is 14.7 Å².